The predicted molar refractivity (Wildman–Crippen MR) is 48.7 cm³/mol. The van der Waals surface area contributed by atoms with Crippen molar-refractivity contribution in [1.82, 2.24) is 0 Å². The van der Waals surface area contributed by atoms with E-state index in [-0.39, 0.29) is 5.56 Å². The summed E-state index contributed by atoms with van der Waals surface area (Å²) in [5.74, 6) is -0.567. The summed E-state index contributed by atoms with van der Waals surface area (Å²) in [5.41, 5.74) is 6.06. The molecule has 0 aliphatic carbocycles. The van der Waals surface area contributed by atoms with Crippen LogP contribution in [0.15, 0.2) is 18.2 Å². The summed E-state index contributed by atoms with van der Waals surface area (Å²) >= 11 is 0. The Labute approximate surface area is 84.9 Å². The van der Waals surface area contributed by atoms with E-state index in [2.05, 4.69) is 0 Å². The van der Waals surface area contributed by atoms with Crippen molar-refractivity contribution >= 4 is 0 Å². The second-order valence-corrected chi connectivity index (χ2v) is 3.49. The Bertz CT molecular complexity index is 326. The summed E-state index contributed by atoms with van der Waals surface area (Å²) in [4.78, 5) is 0. The van der Waals surface area contributed by atoms with E-state index in [1.165, 1.54) is 12.1 Å². The highest BCUT2D eigenvalue weighted by molar-refractivity contribution is 5.26. The molecule has 1 nitrogen and oxygen atoms in total. The lowest BCUT2D eigenvalue weighted by molar-refractivity contribution is -0.138. The van der Waals surface area contributed by atoms with Crippen LogP contribution in [0, 0.1) is 12.7 Å². The Morgan fingerprint density at radius 3 is 2.33 bits per heavy atom. The van der Waals surface area contributed by atoms with E-state index in [1.807, 2.05) is 0 Å². The van der Waals surface area contributed by atoms with Crippen LogP contribution in [0.2, 0.25) is 0 Å². The monoisotopic (exact) mass is 221 g/mol. The van der Waals surface area contributed by atoms with Crippen molar-refractivity contribution in [2.45, 2.75) is 25.6 Å². The van der Waals surface area contributed by atoms with Crippen molar-refractivity contribution in [2.24, 2.45) is 5.73 Å². The minimum Gasteiger partial charge on any atom is -0.324 e. The molecule has 0 heterocycles. The number of hydrogen-bond donors (Lipinski definition) is 1. The number of hydrogen-bond acceptors (Lipinski definition) is 1. The van der Waals surface area contributed by atoms with Crippen LogP contribution in [0.1, 0.15) is 23.6 Å². The third-order valence-electron chi connectivity index (χ3n) is 1.94. The fourth-order valence-electron chi connectivity index (χ4n) is 1.35. The first-order valence-electron chi connectivity index (χ1n) is 4.37. The number of aryl methyl sites for hydroxylation is 1. The van der Waals surface area contributed by atoms with Crippen molar-refractivity contribution < 1.29 is 17.6 Å². The van der Waals surface area contributed by atoms with E-state index in [0.29, 0.717) is 5.56 Å². The topological polar surface area (TPSA) is 26.0 Å². The van der Waals surface area contributed by atoms with Gasteiger partial charge in [-0.25, -0.2) is 4.39 Å². The van der Waals surface area contributed by atoms with Gasteiger partial charge in [0, 0.05) is 6.04 Å². The van der Waals surface area contributed by atoms with E-state index in [1.54, 1.807) is 6.92 Å². The highest BCUT2D eigenvalue weighted by Crippen LogP contribution is 2.28. The molecule has 5 heteroatoms. The fraction of sp³-hybridized carbons (Fsp3) is 0.400. The zero-order chi connectivity index (χ0) is 11.6. The Kier molecular flexibility index (Phi) is 3.34. The van der Waals surface area contributed by atoms with Gasteiger partial charge in [-0.05, 0) is 30.2 Å². The van der Waals surface area contributed by atoms with Crippen LogP contribution < -0.4 is 5.73 Å². The second kappa shape index (κ2) is 4.18. The maximum atomic E-state index is 12.9. The number of halogens is 4. The highest BCUT2D eigenvalue weighted by Gasteiger charge is 2.31. The molecule has 0 aromatic heterocycles. The van der Waals surface area contributed by atoms with Gasteiger partial charge in [0.15, 0.2) is 0 Å². The van der Waals surface area contributed by atoms with Crippen LogP contribution in [-0.4, -0.2) is 6.18 Å². The van der Waals surface area contributed by atoms with Crippen LogP contribution in [-0.2, 0) is 0 Å². The van der Waals surface area contributed by atoms with E-state index in [0.717, 1.165) is 6.07 Å². The molecule has 0 aliphatic rings. The van der Waals surface area contributed by atoms with Crippen molar-refractivity contribution in [3.8, 4) is 0 Å². The third kappa shape index (κ3) is 3.87. The number of alkyl halides is 3. The zero-order valence-corrected chi connectivity index (χ0v) is 8.11. The Hall–Kier alpha value is -1.10. The molecule has 84 valence electrons. The molecule has 1 atom stereocenters. The molecule has 15 heavy (non-hydrogen) atoms. The van der Waals surface area contributed by atoms with Crippen LogP contribution in [0.4, 0.5) is 17.6 Å². The second-order valence-electron chi connectivity index (χ2n) is 3.49. The average molecular weight is 221 g/mol. The lowest BCUT2D eigenvalue weighted by atomic mass is 10.0. The minimum atomic E-state index is -4.33. The molecule has 0 saturated heterocycles. The average Bonchev–Trinajstić information content (AvgIpc) is 1.98. The first kappa shape index (κ1) is 12.0. The van der Waals surface area contributed by atoms with Gasteiger partial charge in [-0.3, -0.25) is 0 Å². The van der Waals surface area contributed by atoms with Crippen LogP contribution >= 0.6 is 0 Å². The quantitative estimate of drug-likeness (QED) is 0.763. The summed E-state index contributed by atoms with van der Waals surface area (Å²) in [5, 5.41) is 0. The smallest absolute Gasteiger partial charge is 0.324 e. The van der Waals surface area contributed by atoms with Gasteiger partial charge in [-0.15, -0.1) is 0 Å². The molecule has 1 aromatic carbocycles. The molecule has 0 radical (unpaired) electrons. The fourth-order valence-corrected chi connectivity index (χ4v) is 1.35. The van der Waals surface area contributed by atoms with E-state index in [4.69, 9.17) is 5.73 Å². The summed E-state index contributed by atoms with van der Waals surface area (Å²) < 4.78 is 48.9. The molecule has 0 spiro atoms. The van der Waals surface area contributed by atoms with Crippen LogP contribution in [0.25, 0.3) is 0 Å². The Morgan fingerprint density at radius 1 is 1.27 bits per heavy atom. The SMILES string of the molecule is Cc1cc(F)cc(C(N)CC(F)(F)F)c1. The molecule has 0 fully saturated rings. The van der Waals surface area contributed by atoms with Crippen molar-refractivity contribution in [1.29, 1.82) is 0 Å². The van der Waals surface area contributed by atoms with Crippen molar-refractivity contribution in [3.05, 3.63) is 35.1 Å². The van der Waals surface area contributed by atoms with Gasteiger partial charge < -0.3 is 5.73 Å². The van der Waals surface area contributed by atoms with Crippen LogP contribution in [0.5, 0.6) is 0 Å². The molecule has 0 saturated carbocycles. The maximum Gasteiger partial charge on any atom is 0.390 e. The lowest BCUT2D eigenvalue weighted by Gasteiger charge is -2.15. The van der Waals surface area contributed by atoms with Gasteiger partial charge in [-0.1, -0.05) is 6.07 Å². The van der Waals surface area contributed by atoms with Gasteiger partial charge in [-0.2, -0.15) is 13.2 Å². The van der Waals surface area contributed by atoms with E-state index < -0.39 is 24.5 Å². The maximum absolute atomic E-state index is 12.9. The zero-order valence-electron chi connectivity index (χ0n) is 8.11. The number of rotatable bonds is 2. The van der Waals surface area contributed by atoms with Gasteiger partial charge in [0.05, 0.1) is 6.42 Å². The van der Waals surface area contributed by atoms with Gasteiger partial charge in [0.25, 0.3) is 0 Å². The van der Waals surface area contributed by atoms with Gasteiger partial charge >= 0.3 is 6.18 Å². The standard InChI is InChI=1S/C10H11F4N/c1-6-2-7(4-8(11)3-6)9(15)5-10(12,13)14/h2-4,9H,5,15H2,1H3. The summed E-state index contributed by atoms with van der Waals surface area (Å²) in [6.45, 7) is 1.60. The largest absolute Gasteiger partial charge is 0.390 e. The van der Waals surface area contributed by atoms with Gasteiger partial charge in [0.2, 0.25) is 0 Å². The summed E-state index contributed by atoms with van der Waals surface area (Å²) in [6, 6.07) is 2.52. The predicted octanol–water partition coefficient (Wildman–Crippen LogP) is 3.09. The van der Waals surface area contributed by atoms with E-state index >= 15 is 0 Å². The van der Waals surface area contributed by atoms with Crippen LogP contribution in [0.3, 0.4) is 0 Å². The van der Waals surface area contributed by atoms with Crippen molar-refractivity contribution in [3.63, 3.8) is 0 Å². The van der Waals surface area contributed by atoms with Crippen molar-refractivity contribution in [2.75, 3.05) is 0 Å². The summed E-state index contributed by atoms with van der Waals surface area (Å²) in [6.07, 6.45) is -5.48. The molecule has 2 N–H and O–H groups in total. The molecule has 0 aliphatic heterocycles. The minimum absolute atomic E-state index is 0.171. The normalized spacial score (nSPS) is 14.0. The third-order valence-corrected chi connectivity index (χ3v) is 1.94. The molecule has 0 amide bonds. The first-order chi connectivity index (χ1) is 6.78. The number of nitrogens with two attached hydrogens (primary N) is 1. The molecular formula is C10H11F4N. The Balaban J connectivity index is 2.86. The first-order valence-corrected chi connectivity index (χ1v) is 4.37. The lowest BCUT2D eigenvalue weighted by Crippen LogP contribution is -2.20. The Morgan fingerprint density at radius 2 is 1.87 bits per heavy atom. The van der Waals surface area contributed by atoms with E-state index in [9.17, 15) is 17.6 Å². The molecule has 0 bridgehead atoms. The number of benzene rings is 1. The molecule has 1 aromatic rings. The molecule has 1 rings (SSSR count). The molecular weight excluding hydrogens is 210 g/mol. The highest BCUT2D eigenvalue weighted by atomic mass is 19.4. The molecule has 1 unspecified atom stereocenters. The van der Waals surface area contributed by atoms with Gasteiger partial charge in [0.1, 0.15) is 5.82 Å². The summed E-state index contributed by atoms with van der Waals surface area (Å²) in [7, 11) is 0.